The Balaban J connectivity index is 1.01. The van der Waals surface area contributed by atoms with E-state index in [2.05, 4.69) is 29.8 Å². The van der Waals surface area contributed by atoms with E-state index < -0.39 is 42.8 Å². The summed E-state index contributed by atoms with van der Waals surface area (Å²) in [5, 5.41) is 26.6. The highest BCUT2D eigenvalue weighted by atomic mass is 35.5. The molecule has 1 amide bonds. The minimum Gasteiger partial charge on any atom is -0.481 e. The molecule has 2 saturated heterocycles. The number of ether oxygens (including phenoxy) is 2. The summed E-state index contributed by atoms with van der Waals surface area (Å²) in [5.74, 6) is -1.13. The molecule has 2 aromatic heterocycles. The Bertz CT molecular complexity index is 2680. The van der Waals surface area contributed by atoms with Gasteiger partial charge in [0, 0.05) is 86.9 Å². The van der Waals surface area contributed by atoms with E-state index in [0.717, 1.165) is 41.1 Å². The Hall–Kier alpha value is -6.01. The molecule has 1 aliphatic carbocycles. The fourth-order valence-electron chi connectivity index (χ4n) is 8.43. The largest absolute Gasteiger partial charge is 0.481 e. The third-order valence-corrected chi connectivity index (χ3v) is 13.9. The monoisotopic (exact) mass is 897 g/mol. The first-order valence-corrected chi connectivity index (χ1v) is 22.7. The number of piperazine rings is 1. The minimum atomic E-state index is -4.59. The number of pyridine rings is 1. The van der Waals surface area contributed by atoms with Gasteiger partial charge in [-0.05, 0) is 105 Å². The lowest BCUT2D eigenvalue weighted by Gasteiger charge is -2.39. The van der Waals surface area contributed by atoms with Crippen LogP contribution < -0.4 is 19.7 Å². The first-order chi connectivity index (χ1) is 30.2. The molecule has 1 atom stereocenters. The van der Waals surface area contributed by atoms with Crippen molar-refractivity contribution in [2.24, 2.45) is 11.3 Å². The summed E-state index contributed by atoms with van der Waals surface area (Å²) in [6.45, 7) is 6.86. The number of carboxylic acids is 1. The van der Waals surface area contributed by atoms with Gasteiger partial charge in [0.25, 0.3) is 21.6 Å². The number of nitrogens with one attached hydrogen (secondary N) is 3. The van der Waals surface area contributed by atoms with Gasteiger partial charge in [0.15, 0.2) is 0 Å². The normalized spacial score (nSPS) is 18.9. The molecule has 330 valence electrons. The van der Waals surface area contributed by atoms with E-state index in [1.807, 2.05) is 37.3 Å². The molecule has 0 spiro atoms. The number of benzene rings is 3. The van der Waals surface area contributed by atoms with Crippen molar-refractivity contribution in [2.45, 2.75) is 43.9 Å². The van der Waals surface area contributed by atoms with Gasteiger partial charge in [-0.2, -0.15) is 0 Å². The number of H-pyrrole nitrogens is 1. The summed E-state index contributed by atoms with van der Waals surface area (Å²) < 4.78 is 41.1. The summed E-state index contributed by atoms with van der Waals surface area (Å²) in [7, 11) is -4.59. The fraction of sp³-hybridized carbons (Fsp3) is 0.356. The van der Waals surface area contributed by atoms with Crippen LogP contribution in [0.5, 0.6) is 11.5 Å². The van der Waals surface area contributed by atoms with Gasteiger partial charge in [0.2, 0.25) is 0 Å². The summed E-state index contributed by atoms with van der Waals surface area (Å²) in [4.78, 5) is 49.1. The zero-order chi connectivity index (χ0) is 44.3. The molecule has 8 rings (SSSR count). The second-order valence-electron chi connectivity index (χ2n) is 16.6. The van der Waals surface area contributed by atoms with Crippen LogP contribution >= 0.6 is 11.6 Å². The highest BCUT2D eigenvalue weighted by molar-refractivity contribution is 7.90. The van der Waals surface area contributed by atoms with E-state index in [-0.39, 0.29) is 22.9 Å². The van der Waals surface area contributed by atoms with Gasteiger partial charge in [-0.15, -0.1) is 0 Å². The van der Waals surface area contributed by atoms with Crippen LogP contribution in [-0.4, -0.2) is 97.7 Å². The zero-order valence-electron chi connectivity index (χ0n) is 34.6. The van der Waals surface area contributed by atoms with E-state index >= 15 is 0 Å². The Morgan fingerprint density at radius 2 is 1.81 bits per heavy atom. The Morgan fingerprint density at radius 1 is 1.05 bits per heavy atom. The summed E-state index contributed by atoms with van der Waals surface area (Å²) in [6, 6.07) is 19.6. The number of aromatic amines is 1. The van der Waals surface area contributed by atoms with Crippen LogP contribution in [0.4, 0.5) is 17.1 Å². The molecule has 5 aromatic rings. The topological polar surface area (TPSA) is 209 Å². The number of carbonyl (C=O) groups excluding carboxylic acids is 1. The standard InChI is InChI=1S/C45H48ClN7O9S/c1-45(44(55)56)14-10-32(38(25-45)30-2-4-33(46)5-3-30)28-51-16-18-52(19-17-51)34-6-8-37(41(23-34)62-35-22-31-11-15-47-42(31)49-27-35)43(54)50-63(59,60)36-7-9-39(40(24-36)53(57)58)48-26-29-12-20-61-21-13-29/h2-9,11,15,22-24,27,29,48H,10,12-14,16-21,25-26,28H2,1H3,(H,47,49)(H,50,54)(H,55,56). The van der Waals surface area contributed by atoms with Gasteiger partial charge in [0.1, 0.15) is 22.8 Å². The molecular weight excluding hydrogens is 850 g/mol. The van der Waals surface area contributed by atoms with E-state index in [0.29, 0.717) is 88.2 Å². The highest BCUT2D eigenvalue weighted by Crippen LogP contribution is 2.44. The molecule has 2 aliphatic heterocycles. The molecule has 0 saturated carbocycles. The first kappa shape index (κ1) is 43.6. The van der Waals surface area contributed by atoms with E-state index in [9.17, 15) is 33.2 Å². The van der Waals surface area contributed by atoms with Crippen molar-refractivity contribution in [3.8, 4) is 11.5 Å². The fourth-order valence-corrected chi connectivity index (χ4v) is 9.54. The van der Waals surface area contributed by atoms with Crippen molar-refractivity contribution in [3.05, 3.63) is 117 Å². The lowest BCUT2D eigenvalue weighted by molar-refractivity contribution is -0.384. The maximum atomic E-state index is 13.9. The molecule has 0 radical (unpaired) electrons. The number of nitrogens with zero attached hydrogens (tertiary/aromatic N) is 4. The van der Waals surface area contributed by atoms with Crippen molar-refractivity contribution in [2.75, 3.05) is 62.7 Å². The third-order valence-electron chi connectivity index (χ3n) is 12.3. The van der Waals surface area contributed by atoms with Crippen molar-refractivity contribution in [1.29, 1.82) is 0 Å². The molecule has 63 heavy (non-hydrogen) atoms. The number of rotatable bonds is 14. The molecule has 4 heterocycles. The van der Waals surface area contributed by atoms with E-state index in [1.165, 1.54) is 30.0 Å². The number of aromatic nitrogens is 2. The number of carboxylic acid groups (broad SMARTS) is 1. The minimum absolute atomic E-state index is 0.0771. The Kier molecular flexibility index (Phi) is 12.7. The van der Waals surface area contributed by atoms with Crippen molar-refractivity contribution >= 4 is 67.2 Å². The van der Waals surface area contributed by atoms with Gasteiger partial charge in [-0.1, -0.05) is 29.3 Å². The summed E-state index contributed by atoms with van der Waals surface area (Å²) in [5.41, 5.74) is 3.42. The molecule has 0 bridgehead atoms. The number of halogens is 1. The third kappa shape index (κ3) is 9.96. The molecule has 3 aromatic carbocycles. The number of anilines is 2. The number of sulfonamides is 1. The number of hydrogen-bond donors (Lipinski definition) is 4. The van der Waals surface area contributed by atoms with Crippen LogP contribution in [0.15, 0.2) is 95.7 Å². The molecule has 1 unspecified atom stereocenters. The Labute approximate surface area is 369 Å². The van der Waals surface area contributed by atoms with Crippen LogP contribution in [0.1, 0.15) is 54.9 Å². The zero-order valence-corrected chi connectivity index (χ0v) is 36.2. The number of allylic oxidation sites excluding steroid dienone is 1. The molecule has 2 fully saturated rings. The predicted molar refractivity (Wildman–Crippen MR) is 239 cm³/mol. The van der Waals surface area contributed by atoms with Crippen molar-refractivity contribution in [3.63, 3.8) is 0 Å². The lowest BCUT2D eigenvalue weighted by Crippen LogP contribution is -2.47. The second kappa shape index (κ2) is 18.4. The summed E-state index contributed by atoms with van der Waals surface area (Å²) in [6.07, 6.45) is 6.50. The van der Waals surface area contributed by atoms with Crippen LogP contribution in [-0.2, 0) is 19.6 Å². The molecule has 18 heteroatoms. The molecule has 3 aliphatic rings. The number of aliphatic carboxylic acids is 1. The summed E-state index contributed by atoms with van der Waals surface area (Å²) >= 11 is 6.19. The first-order valence-electron chi connectivity index (χ1n) is 20.8. The number of fused-ring (bicyclic) bond motifs is 1. The van der Waals surface area contributed by atoms with E-state index in [1.54, 1.807) is 24.4 Å². The number of nitro groups is 1. The lowest BCUT2D eigenvalue weighted by atomic mass is 9.71. The average molecular weight is 898 g/mol. The SMILES string of the molecule is CC1(C(=O)O)CCC(CN2CCN(c3ccc(C(=O)NS(=O)(=O)c4ccc(NCC5CCOCC5)c([N+](=O)[O-])c4)c(Oc4cnc5[nH]ccc5c4)c3)CC2)=C(c2ccc(Cl)cc2)C1. The van der Waals surface area contributed by atoms with Gasteiger partial charge >= 0.3 is 5.97 Å². The van der Waals surface area contributed by atoms with Crippen molar-refractivity contribution in [1.82, 2.24) is 19.6 Å². The van der Waals surface area contributed by atoms with E-state index in [4.69, 9.17) is 21.1 Å². The predicted octanol–water partition coefficient (Wildman–Crippen LogP) is 7.72. The highest BCUT2D eigenvalue weighted by Gasteiger charge is 2.39. The quantitative estimate of drug-likeness (QED) is 0.0622. The number of hydrogen-bond acceptors (Lipinski definition) is 12. The van der Waals surface area contributed by atoms with Gasteiger partial charge in [-0.25, -0.2) is 18.1 Å². The molecule has 4 N–H and O–H groups in total. The second-order valence-corrected chi connectivity index (χ2v) is 18.7. The number of amides is 1. The van der Waals surface area contributed by atoms with Gasteiger partial charge in [0.05, 0.1) is 27.0 Å². The van der Waals surface area contributed by atoms with Crippen LogP contribution in [0, 0.1) is 21.4 Å². The number of carbonyl (C=O) groups is 2. The maximum absolute atomic E-state index is 13.9. The molecular formula is C45H48ClN7O9S. The van der Waals surface area contributed by atoms with Crippen LogP contribution in [0.3, 0.4) is 0 Å². The maximum Gasteiger partial charge on any atom is 0.309 e. The van der Waals surface area contributed by atoms with Crippen LogP contribution in [0.2, 0.25) is 5.02 Å². The van der Waals surface area contributed by atoms with Crippen LogP contribution in [0.25, 0.3) is 16.6 Å². The molecule has 16 nitrogen and oxygen atoms in total. The number of nitro benzene ring substituents is 1. The Morgan fingerprint density at radius 3 is 2.54 bits per heavy atom. The van der Waals surface area contributed by atoms with Gasteiger partial charge in [-0.3, -0.25) is 24.6 Å². The van der Waals surface area contributed by atoms with Gasteiger partial charge < -0.3 is 29.8 Å². The average Bonchev–Trinajstić information content (AvgIpc) is 3.75. The van der Waals surface area contributed by atoms with Crippen molar-refractivity contribution < 1.29 is 37.5 Å². The smallest absolute Gasteiger partial charge is 0.309 e.